The molecule has 0 aliphatic carbocycles. The molecule has 2 nitrogen and oxygen atoms in total. The molecule has 0 bridgehead atoms. The van der Waals surface area contributed by atoms with Gasteiger partial charge in [-0.1, -0.05) is 23.2 Å². The number of hydrogen-bond acceptors (Lipinski definition) is 2. The van der Waals surface area contributed by atoms with E-state index in [2.05, 4.69) is 9.97 Å². The highest BCUT2D eigenvalue weighted by molar-refractivity contribution is 6.45. The van der Waals surface area contributed by atoms with Crippen LogP contribution in [0.4, 0.5) is 13.2 Å². The summed E-state index contributed by atoms with van der Waals surface area (Å²) in [7, 11) is 0. The molecule has 0 aliphatic rings. The third-order valence-corrected chi connectivity index (χ3v) is 2.79. The molecule has 2 aromatic heterocycles. The van der Waals surface area contributed by atoms with Crippen molar-refractivity contribution in [2.45, 2.75) is 6.18 Å². The molecule has 2 heterocycles. The Labute approximate surface area is 98.0 Å². The van der Waals surface area contributed by atoms with Gasteiger partial charge in [-0.2, -0.15) is 13.2 Å². The normalized spacial score (nSPS) is 12.1. The first-order valence-corrected chi connectivity index (χ1v) is 4.83. The van der Waals surface area contributed by atoms with Crippen LogP contribution in [0.15, 0.2) is 18.5 Å². The molecule has 0 fully saturated rings. The zero-order valence-corrected chi connectivity index (χ0v) is 9.03. The number of fused-ring (bicyclic) bond motifs is 1. The van der Waals surface area contributed by atoms with Gasteiger partial charge in [-0.25, -0.2) is 4.98 Å². The molecular formula is C9H3Cl2F3N2. The maximum Gasteiger partial charge on any atom is 0.434 e. The fourth-order valence-electron chi connectivity index (χ4n) is 1.23. The second-order valence-electron chi connectivity index (χ2n) is 2.98. The fraction of sp³-hybridized carbons (Fsp3) is 0.111. The number of pyridine rings is 2. The lowest BCUT2D eigenvalue weighted by atomic mass is 10.2. The van der Waals surface area contributed by atoms with Crippen LogP contribution in [-0.2, 0) is 6.18 Å². The summed E-state index contributed by atoms with van der Waals surface area (Å²) in [5.74, 6) is 0. The van der Waals surface area contributed by atoms with E-state index in [1.165, 1.54) is 18.5 Å². The highest BCUT2D eigenvalue weighted by Crippen LogP contribution is 2.39. The van der Waals surface area contributed by atoms with Crippen molar-refractivity contribution < 1.29 is 13.2 Å². The van der Waals surface area contributed by atoms with Crippen LogP contribution in [0.2, 0.25) is 10.0 Å². The van der Waals surface area contributed by atoms with Crippen LogP contribution in [-0.4, -0.2) is 9.97 Å². The van der Waals surface area contributed by atoms with E-state index in [0.717, 1.165) is 0 Å². The minimum atomic E-state index is -4.63. The lowest BCUT2D eigenvalue weighted by Crippen LogP contribution is -2.09. The summed E-state index contributed by atoms with van der Waals surface area (Å²) in [6.07, 6.45) is -1.98. The Morgan fingerprint density at radius 1 is 1.12 bits per heavy atom. The number of hydrogen-bond donors (Lipinski definition) is 0. The van der Waals surface area contributed by atoms with E-state index >= 15 is 0 Å². The second-order valence-corrected chi connectivity index (χ2v) is 3.73. The van der Waals surface area contributed by atoms with Gasteiger partial charge in [0.25, 0.3) is 0 Å². The van der Waals surface area contributed by atoms with Crippen LogP contribution in [0.1, 0.15) is 5.69 Å². The van der Waals surface area contributed by atoms with Gasteiger partial charge >= 0.3 is 6.18 Å². The first-order valence-electron chi connectivity index (χ1n) is 4.07. The minimum absolute atomic E-state index is 0.108. The van der Waals surface area contributed by atoms with Gasteiger partial charge in [-0.05, 0) is 6.07 Å². The summed E-state index contributed by atoms with van der Waals surface area (Å²) < 4.78 is 37.6. The fourth-order valence-corrected chi connectivity index (χ4v) is 1.72. The summed E-state index contributed by atoms with van der Waals surface area (Å²) in [6, 6.07) is 1.34. The Bertz CT molecular complexity index is 554. The molecule has 2 aromatic rings. The van der Waals surface area contributed by atoms with Gasteiger partial charge in [0.2, 0.25) is 0 Å². The zero-order chi connectivity index (χ0) is 11.9. The lowest BCUT2D eigenvalue weighted by Gasteiger charge is -2.10. The van der Waals surface area contributed by atoms with Crippen molar-refractivity contribution in [2.75, 3.05) is 0 Å². The van der Waals surface area contributed by atoms with Crippen molar-refractivity contribution in [3.05, 3.63) is 34.2 Å². The summed E-state index contributed by atoms with van der Waals surface area (Å²) in [4.78, 5) is 7.17. The monoisotopic (exact) mass is 266 g/mol. The first-order chi connectivity index (χ1) is 7.41. The van der Waals surface area contributed by atoms with Gasteiger partial charge in [0.15, 0.2) is 5.69 Å². The molecule has 0 unspecified atom stereocenters. The SMILES string of the molecule is FC(F)(F)c1nc2ccncc2c(Cl)c1Cl. The molecule has 0 saturated heterocycles. The Hall–Kier alpha value is -1.07. The van der Waals surface area contributed by atoms with Crippen molar-refractivity contribution in [2.24, 2.45) is 0 Å². The average Bonchev–Trinajstić information content (AvgIpc) is 2.22. The van der Waals surface area contributed by atoms with Crippen LogP contribution < -0.4 is 0 Å². The van der Waals surface area contributed by atoms with E-state index in [1.54, 1.807) is 0 Å². The van der Waals surface area contributed by atoms with Crippen LogP contribution in [0, 0.1) is 0 Å². The molecule has 0 spiro atoms. The lowest BCUT2D eigenvalue weighted by molar-refractivity contribution is -0.140. The van der Waals surface area contributed by atoms with Gasteiger partial charge in [0, 0.05) is 17.8 Å². The molecule has 16 heavy (non-hydrogen) atoms. The number of alkyl halides is 3. The standard InChI is InChI=1S/C9H3Cl2F3N2/c10-6-4-3-15-2-1-5(4)16-8(7(6)11)9(12,13)14/h1-3H. The molecule has 7 heteroatoms. The van der Waals surface area contributed by atoms with E-state index in [9.17, 15) is 13.2 Å². The van der Waals surface area contributed by atoms with Crippen LogP contribution in [0.5, 0.6) is 0 Å². The number of aromatic nitrogens is 2. The third kappa shape index (κ3) is 1.81. The van der Waals surface area contributed by atoms with Gasteiger partial charge in [-0.3, -0.25) is 4.98 Å². The van der Waals surface area contributed by atoms with Crippen molar-refractivity contribution in [3.63, 3.8) is 0 Å². The molecule has 2 rings (SSSR count). The summed E-state index contributed by atoms with van der Waals surface area (Å²) in [6.45, 7) is 0. The van der Waals surface area contributed by atoms with Crippen molar-refractivity contribution >= 4 is 34.1 Å². The van der Waals surface area contributed by atoms with Crippen LogP contribution >= 0.6 is 23.2 Å². The van der Waals surface area contributed by atoms with E-state index in [0.29, 0.717) is 5.39 Å². The highest BCUT2D eigenvalue weighted by Gasteiger charge is 2.36. The van der Waals surface area contributed by atoms with Gasteiger partial charge in [0.1, 0.15) is 0 Å². The number of nitrogens with zero attached hydrogens (tertiary/aromatic N) is 2. The van der Waals surface area contributed by atoms with E-state index < -0.39 is 16.9 Å². The third-order valence-electron chi connectivity index (χ3n) is 1.94. The first kappa shape index (κ1) is 11.4. The van der Waals surface area contributed by atoms with E-state index in [4.69, 9.17) is 23.2 Å². The van der Waals surface area contributed by atoms with Gasteiger partial charge in [-0.15, -0.1) is 0 Å². The second kappa shape index (κ2) is 3.75. The number of rotatable bonds is 0. The van der Waals surface area contributed by atoms with Gasteiger partial charge < -0.3 is 0 Å². The maximum absolute atomic E-state index is 12.5. The van der Waals surface area contributed by atoms with Crippen molar-refractivity contribution in [1.82, 2.24) is 9.97 Å². The highest BCUT2D eigenvalue weighted by atomic mass is 35.5. The molecule has 0 N–H and O–H groups in total. The molecule has 0 radical (unpaired) electrons. The molecule has 0 aliphatic heterocycles. The Balaban J connectivity index is 2.84. The van der Waals surface area contributed by atoms with E-state index in [-0.39, 0.29) is 10.5 Å². The zero-order valence-electron chi connectivity index (χ0n) is 7.52. The summed E-state index contributed by atoms with van der Waals surface area (Å²) in [5, 5.41) is -0.496. The topological polar surface area (TPSA) is 25.8 Å². The van der Waals surface area contributed by atoms with Gasteiger partial charge in [0.05, 0.1) is 15.6 Å². The number of halogens is 5. The Morgan fingerprint density at radius 3 is 2.44 bits per heavy atom. The minimum Gasteiger partial charge on any atom is -0.264 e. The van der Waals surface area contributed by atoms with Crippen molar-refractivity contribution in [3.8, 4) is 0 Å². The molecule has 0 amide bonds. The predicted molar refractivity (Wildman–Crippen MR) is 54.6 cm³/mol. The molecular weight excluding hydrogens is 264 g/mol. The summed E-state index contributed by atoms with van der Waals surface area (Å²) in [5.41, 5.74) is -1.07. The molecule has 0 atom stereocenters. The van der Waals surface area contributed by atoms with Crippen LogP contribution in [0.3, 0.4) is 0 Å². The Morgan fingerprint density at radius 2 is 1.81 bits per heavy atom. The van der Waals surface area contributed by atoms with Crippen LogP contribution in [0.25, 0.3) is 10.9 Å². The quantitative estimate of drug-likeness (QED) is 0.722. The van der Waals surface area contributed by atoms with E-state index in [1.807, 2.05) is 0 Å². The molecule has 84 valence electrons. The molecule has 0 saturated carbocycles. The summed E-state index contributed by atoms with van der Waals surface area (Å²) >= 11 is 11.2. The maximum atomic E-state index is 12.5. The predicted octanol–water partition coefficient (Wildman–Crippen LogP) is 3.96. The Kier molecular flexibility index (Phi) is 2.67. The largest absolute Gasteiger partial charge is 0.434 e. The molecule has 0 aromatic carbocycles. The van der Waals surface area contributed by atoms with Crippen molar-refractivity contribution in [1.29, 1.82) is 0 Å². The smallest absolute Gasteiger partial charge is 0.264 e. The average molecular weight is 267 g/mol.